The highest BCUT2D eigenvalue weighted by Crippen LogP contribution is 2.11. The van der Waals surface area contributed by atoms with E-state index < -0.39 is 47.6 Å². The number of nitrogens with zero attached hydrogens (tertiary/aromatic N) is 3. The van der Waals surface area contributed by atoms with E-state index in [0.29, 0.717) is 12.2 Å². The van der Waals surface area contributed by atoms with Gasteiger partial charge >= 0.3 is 12.1 Å². The Balaban J connectivity index is 2.09. The third kappa shape index (κ3) is 9.78. The molecule has 0 fully saturated rings. The number of ether oxygens (including phenoxy) is 2. The molecule has 202 valence electrons. The zero-order valence-corrected chi connectivity index (χ0v) is 21.9. The number of carbonyl (C=O) groups is 4. The van der Waals surface area contributed by atoms with Crippen molar-refractivity contribution in [1.82, 2.24) is 30.8 Å². The van der Waals surface area contributed by atoms with Crippen LogP contribution in [-0.4, -0.2) is 70.1 Å². The normalized spacial score (nSPS) is 13.5. The van der Waals surface area contributed by atoms with Crippen LogP contribution in [0.15, 0.2) is 36.7 Å². The van der Waals surface area contributed by atoms with E-state index in [2.05, 4.69) is 36.3 Å². The molecule has 3 atom stereocenters. The Morgan fingerprint density at radius 1 is 1.05 bits per heavy atom. The molecule has 2 aromatic rings. The molecule has 37 heavy (non-hydrogen) atoms. The molecule has 4 N–H and O–H groups in total. The van der Waals surface area contributed by atoms with Crippen LogP contribution in [0, 0.1) is 0 Å². The van der Waals surface area contributed by atoms with Crippen molar-refractivity contribution in [2.45, 2.75) is 64.8 Å². The van der Waals surface area contributed by atoms with E-state index >= 15 is 0 Å². The average molecular weight is 518 g/mol. The second-order valence-electron chi connectivity index (χ2n) is 9.33. The maximum atomic E-state index is 13.1. The van der Waals surface area contributed by atoms with Crippen molar-refractivity contribution in [2.24, 2.45) is 0 Å². The van der Waals surface area contributed by atoms with Gasteiger partial charge in [-0.1, -0.05) is 30.3 Å². The summed E-state index contributed by atoms with van der Waals surface area (Å²) in [7, 11) is 1.24. The molecule has 3 amide bonds. The maximum absolute atomic E-state index is 13.1. The number of aromatic nitrogens is 3. The quantitative estimate of drug-likeness (QED) is 0.316. The van der Waals surface area contributed by atoms with Crippen LogP contribution in [0.5, 0.6) is 0 Å². The number of amides is 3. The summed E-state index contributed by atoms with van der Waals surface area (Å²) < 4.78 is 11.2. The number of benzene rings is 1. The van der Waals surface area contributed by atoms with Gasteiger partial charge in [-0.05, 0) is 40.2 Å². The molecule has 0 bridgehead atoms. The molecule has 0 radical (unpaired) electrons. The first-order valence-electron chi connectivity index (χ1n) is 11.7. The summed E-state index contributed by atoms with van der Waals surface area (Å²) in [6.45, 7) is 8.06. The van der Waals surface area contributed by atoms with Crippen LogP contribution in [0.4, 0.5) is 4.79 Å². The van der Waals surface area contributed by atoms with Gasteiger partial charge in [0.1, 0.15) is 30.6 Å². The van der Waals surface area contributed by atoms with Crippen molar-refractivity contribution < 1.29 is 28.7 Å². The molecular formula is C24H35N7O6. The van der Waals surface area contributed by atoms with Crippen LogP contribution in [0.2, 0.25) is 0 Å². The number of carbonyl (C=O) groups excluding carboxylic acids is 4. The Hall–Kier alpha value is -4.16. The number of methoxy groups -OCH3 is 1. The van der Waals surface area contributed by atoms with E-state index in [1.54, 1.807) is 27.7 Å². The highest BCUT2D eigenvalue weighted by molar-refractivity contribution is 5.88. The van der Waals surface area contributed by atoms with Gasteiger partial charge in [-0.3, -0.25) is 9.59 Å². The molecule has 0 unspecified atom stereocenters. The van der Waals surface area contributed by atoms with Gasteiger partial charge in [0.25, 0.3) is 0 Å². The van der Waals surface area contributed by atoms with Crippen LogP contribution in [-0.2, 0) is 30.3 Å². The molecule has 13 heteroatoms. The molecule has 13 nitrogen and oxygen atoms in total. The van der Waals surface area contributed by atoms with Gasteiger partial charge in [-0.25, -0.2) is 14.3 Å². The van der Waals surface area contributed by atoms with E-state index in [4.69, 9.17) is 4.74 Å². The molecule has 1 heterocycles. The lowest BCUT2D eigenvalue weighted by atomic mass is 10.1. The summed E-state index contributed by atoms with van der Waals surface area (Å²) >= 11 is 0. The van der Waals surface area contributed by atoms with Crippen molar-refractivity contribution >= 4 is 23.9 Å². The van der Waals surface area contributed by atoms with Gasteiger partial charge < -0.3 is 30.8 Å². The molecule has 0 spiro atoms. The molecule has 0 saturated carbocycles. The van der Waals surface area contributed by atoms with Gasteiger partial charge in [-0.2, -0.15) is 0 Å². The number of hydrogen-bond donors (Lipinski definition) is 4. The van der Waals surface area contributed by atoms with Crippen LogP contribution < -0.4 is 21.4 Å². The Bertz CT molecular complexity index is 1070. The summed E-state index contributed by atoms with van der Waals surface area (Å²) in [5.41, 5.74) is 3.25. The molecule has 1 aromatic heterocycles. The minimum atomic E-state index is -0.853. The first kappa shape index (κ1) is 29.1. The molecule has 0 aliphatic carbocycles. The lowest BCUT2D eigenvalue weighted by molar-refractivity contribution is -0.144. The Morgan fingerprint density at radius 2 is 1.73 bits per heavy atom. The minimum absolute atomic E-state index is 0.290. The Morgan fingerprint density at radius 3 is 2.35 bits per heavy atom. The number of rotatable bonds is 11. The van der Waals surface area contributed by atoms with Crippen molar-refractivity contribution in [3.8, 4) is 0 Å². The summed E-state index contributed by atoms with van der Waals surface area (Å²) in [4.78, 5) is 49.0. The predicted molar refractivity (Wildman–Crippen MR) is 134 cm³/mol. The van der Waals surface area contributed by atoms with Crippen molar-refractivity contribution in [2.75, 3.05) is 19.1 Å². The predicted octanol–water partition coefficient (Wildman–Crippen LogP) is 0.813. The van der Waals surface area contributed by atoms with E-state index in [9.17, 15) is 19.2 Å². The van der Waals surface area contributed by atoms with Crippen LogP contribution in [0.1, 0.15) is 52.0 Å². The largest absolute Gasteiger partial charge is 0.467 e. The van der Waals surface area contributed by atoms with E-state index in [0.717, 1.165) is 5.56 Å². The summed E-state index contributed by atoms with van der Waals surface area (Å²) in [5, 5.41) is 15.7. The van der Waals surface area contributed by atoms with Gasteiger partial charge in [0.2, 0.25) is 11.8 Å². The molecule has 0 aliphatic heterocycles. The first-order valence-corrected chi connectivity index (χ1v) is 11.7. The molecule has 0 saturated heterocycles. The second-order valence-corrected chi connectivity index (χ2v) is 9.33. The lowest BCUT2D eigenvalue weighted by Gasteiger charge is -2.23. The zero-order valence-electron chi connectivity index (χ0n) is 21.9. The fourth-order valence-electron chi connectivity index (χ4n) is 3.23. The van der Waals surface area contributed by atoms with Gasteiger partial charge in [0.15, 0.2) is 5.82 Å². The zero-order chi connectivity index (χ0) is 27.6. The van der Waals surface area contributed by atoms with E-state index in [1.165, 1.54) is 25.0 Å². The topological polar surface area (TPSA) is 166 Å². The average Bonchev–Trinajstić information content (AvgIpc) is 3.29. The van der Waals surface area contributed by atoms with Crippen molar-refractivity contribution in [3.63, 3.8) is 0 Å². The van der Waals surface area contributed by atoms with Gasteiger partial charge in [-0.15, -0.1) is 10.2 Å². The standard InChI is InChI=1S/C24H35N7O6/c1-15(27-19(32)13-25-23(35)37-24(3,4)5)20-29-26-14-31(20)30-18(12-17-10-8-7-9-11-17)21(33)28-16(2)22(34)36-6/h7-11,14-16,18,30H,12-13H2,1-6H3,(H,25,35)(H,27,32)(H,28,33)/t15-,16-,18-/m0/s1. The minimum Gasteiger partial charge on any atom is -0.467 e. The highest BCUT2D eigenvalue weighted by Gasteiger charge is 2.26. The summed E-state index contributed by atoms with van der Waals surface area (Å²) in [6.07, 6.45) is 0.945. The third-order valence-corrected chi connectivity index (χ3v) is 4.94. The third-order valence-electron chi connectivity index (χ3n) is 4.94. The molecule has 2 rings (SSSR count). The number of nitrogens with one attached hydrogen (secondary N) is 4. The SMILES string of the molecule is COC(=O)[C@H](C)NC(=O)[C@H](Cc1ccccc1)Nn1cnnc1[C@H](C)NC(=O)CNC(=O)OC(C)(C)C. The smallest absolute Gasteiger partial charge is 0.408 e. The van der Waals surface area contributed by atoms with E-state index in [-0.39, 0.29) is 6.54 Å². The summed E-state index contributed by atoms with van der Waals surface area (Å²) in [5.74, 6) is -1.18. The molecule has 1 aromatic carbocycles. The van der Waals surface area contributed by atoms with E-state index in [1.807, 2.05) is 30.3 Å². The number of hydrogen-bond acceptors (Lipinski definition) is 9. The lowest BCUT2D eigenvalue weighted by Crippen LogP contribution is -2.49. The van der Waals surface area contributed by atoms with Crippen molar-refractivity contribution in [1.29, 1.82) is 0 Å². The first-order chi connectivity index (χ1) is 17.4. The Kier molecular flexibility index (Phi) is 10.4. The van der Waals surface area contributed by atoms with Crippen LogP contribution in [0.25, 0.3) is 0 Å². The fourth-order valence-corrected chi connectivity index (χ4v) is 3.23. The summed E-state index contributed by atoms with van der Waals surface area (Å²) in [6, 6.07) is 7.03. The fraction of sp³-hybridized carbons (Fsp3) is 0.500. The Labute approximate surface area is 215 Å². The second kappa shape index (κ2) is 13.2. The van der Waals surface area contributed by atoms with Crippen LogP contribution in [0.3, 0.4) is 0 Å². The van der Waals surface area contributed by atoms with Gasteiger partial charge in [0, 0.05) is 6.42 Å². The van der Waals surface area contributed by atoms with Crippen LogP contribution >= 0.6 is 0 Å². The number of esters is 1. The van der Waals surface area contributed by atoms with Gasteiger partial charge in [0.05, 0.1) is 13.2 Å². The van der Waals surface area contributed by atoms with Crippen molar-refractivity contribution in [3.05, 3.63) is 48.0 Å². The monoisotopic (exact) mass is 517 g/mol. The molecule has 0 aliphatic rings. The highest BCUT2D eigenvalue weighted by atomic mass is 16.6. The maximum Gasteiger partial charge on any atom is 0.408 e. The number of alkyl carbamates (subject to hydrolysis) is 1. The molecular weight excluding hydrogens is 482 g/mol.